The predicted octanol–water partition coefficient (Wildman–Crippen LogP) is -0.112. The summed E-state index contributed by atoms with van der Waals surface area (Å²) in [5.74, 6) is -1.75. The van der Waals surface area contributed by atoms with Crippen LogP contribution in [0.3, 0.4) is 0 Å². The molecule has 0 spiro atoms. The monoisotopic (exact) mass is 345 g/mol. The molecule has 5 N–H and O–H groups in total. The van der Waals surface area contributed by atoms with Crippen LogP contribution in [-0.2, 0) is 26.2 Å². The minimum absolute atomic E-state index is 0.00206. The number of sulfonamides is 1. The van der Waals surface area contributed by atoms with Gasteiger partial charge in [0.15, 0.2) is 0 Å². The van der Waals surface area contributed by atoms with Crippen molar-refractivity contribution in [2.45, 2.75) is 19.6 Å². The SMILES string of the molecule is C[C@H](NS(=O)(=O)CCNC(=O)OCc1cccc(N)c1)C(=O)O. The fraction of sp³-hybridized carbons (Fsp3) is 0.385. The Labute approximate surface area is 133 Å². The number of aliphatic carboxylic acids is 1. The van der Waals surface area contributed by atoms with Gasteiger partial charge in [-0.2, -0.15) is 0 Å². The van der Waals surface area contributed by atoms with E-state index in [1.54, 1.807) is 24.3 Å². The first-order chi connectivity index (χ1) is 10.7. The molecule has 1 aromatic carbocycles. The van der Waals surface area contributed by atoms with Gasteiger partial charge in [0.25, 0.3) is 0 Å². The highest BCUT2D eigenvalue weighted by atomic mass is 32.2. The summed E-state index contributed by atoms with van der Waals surface area (Å²) in [6.07, 6.45) is -0.783. The zero-order chi connectivity index (χ0) is 17.5. The molecule has 0 radical (unpaired) electrons. The summed E-state index contributed by atoms with van der Waals surface area (Å²) in [5, 5.41) is 10.9. The van der Waals surface area contributed by atoms with Gasteiger partial charge in [0.1, 0.15) is 12.6 Å². The first-order valence-electron chi connectivity index (χ1n) is 6.67. The number of carboxylic acid groups (broad SMARTS) is 1. The normalized spacial score (nSPS) is 12.4. The van der Waals surface area contributed by atoms with Crippen LogP contribution < -0.4 is 15.8 Å². The van der Waals surface area contributed by atoms with Crippen LogP contribution in [0.15, 0.2) is 24.3 Å². The number of carboxylic acids is 1. The molecular formula is C13H19N3O6S. The highest BCUT2D eigenvalue weighted by Crippen LogP contribution is 2.07. The van der Waals surface area contributed by atoms with Crippen molar-refractivity contribution in [1.82, 2.24) is 10.0 Å². The highest BCUT2D eigenvalue weighted by molar-refractivity contribution is 7.89. The van der Waals surface area contributed by atoms with E-state index in [2.05, 4.69) is 5.32 Å². The number of hydrogen-bond donors (Lipinski definition) is 4. The molecule has 10 heteroatoms. The molecule has 1 atom stereocenters. The van der Waals surface area contributed by atoms with Crippen molar-refractivity contribution in [2.75, 3.05) is 18.0 Å². The van der Waals surface area contributed by atoms with Crippen molar-refractivity contribution >= 4 is 27.8 Å². The molecule has 0 aliphatic carbocycles. The predicted molar refractivity (Wildman–Crippen MR) is 83.1 cm³/mol. The van der Waals surface area contributed by atoms with Gasteiger partial charge in [0.05, 0.1) is 5.75 Å². The third kappa shape index (κ3) is 7.47. The Morgan fingerprint density at radius 3 is 2.70 bits per heavy atom. The summed E-state index contributed by atoms with van der Waals surface area (Å²) < 4.78 is 30.0. The van der Waals surface area contributed by atoms with Gasteiger partial charge in [0.2, 0.25) is 10.0 Å². The highest BCUT2D eigenvalue weighted by Gasteiger charge is 2.19. The molecule has 0 heterocycles. The Kier molecular flexibility index (Phi) is 6.79. The third-order valence-corrected chi connectivity index (χ3v) is 4.14. The average Bonchev–Trinajstić information content (AvgIpc) is 2.44. The number of hydrogen-bond acceptors (Lipinski definition) is 6. The van der Waals surface area contributed by atoms with Crippen LogP contribution in [0.5, 0.6) is 0 Å². The minimum Gasteiger partial charge on any atom is -0.480 e. The van der Waals surface area contributed by atoms with Crippen LogP contribution in [0.2, 0.25) is 0 Å². The number of nitrogens with one attached hydrogen (secondary N) is 2. The lowest BCUT2D eigenvalue weighted by Crippen LogP contribution is -2.42. The topological polar surface area (TPSA) is 148 Å². The Morgan fingerprint density at radius 2 is 2.09 bits per heavy atom. The Hall–Kier alpha value is -2.33. The number of benzene rings is 1. The molecule has 1 aromatic rings. The van der Waals surface area contributed by atoms with Gasteiger partial charge >= 0.3 is 12.1 Å². The number of nitrogens with two attached hydrogens (primary N) is 1. The fourth-order valence-electron chi connectivity index (χ4n) is 1.55. The first kappa shape index (κ1) is 18.7. The zero-order valence-electron chi connectivity index (χ0n) is 12.5. The van der Waals surface area contributed by atoms with E-state index in [4.69, 9.17) is 15.6 Å². The van der Waals surface area contributed by atoms with Gasteiger partial charge in [-0.1, -0.05) is 12.1 Å². The van der Waals surface area contributed by atoms with Crippen LogP contribution >= 0.6 is 0 Å². The number of anilines is 1. The molecule has 0 aliphatic heterocycles. The second kappa shape index (κ2) is 8.34. The van der Waals surface area contributed by atoms with Crippen LogP contribution in [0.25, 0.3) is 0 Å². The van der Waals surface area contributed by atoms with E-state index in [0.29, 0.717) is 11.3 Å². The van der Waals surface area contributed by atoms with E-state index in [9.17, 15) is 18.0 Å². The number of carbonyl (C=O) groups is 2. The van der Waals surface area contributed by atoms with Crippen LogP contribution in [0.4, 0.5) is 10.5 Å². The lowest BCUT2D eigenvalue weighted by Gasteiger charge is -2.11. The van der Waals surface area contributed by atoms with Gasteiger partial charge in [-0.3, -0.25) is 4.79 Å². The van der Waals surface area contributed by atoms with E-state index >= 15 is 0 Å². The average molecular weight is 345 g/mol. The molecule has 0 aliphatic rings. The Morgan fingerprint density at radius 1 is 1.39 bits per heavy atom. The maximum atomic E-state index is 11.6. The molecule has 0 bridgehead atoms. The largest absolute Gasteiger partial charge is 0.480 e. The lowest BCUT2D eigenvalue weighted by molar-refractivity contribution is -0.138. The van der Waals surface area contributed by atoms with Crippen molar-refractivity contribution < 1.29 is 27.9 Å². The molecule has 0 unspecified atom stereocenters. The summed E-state index contributed by atoms with van der Waals surface area (Å²) in [6, 6.07) is 5.55. The van der Waals surface area contributed by atoms with Crippen LogP contribution in [0, 0.1) is 0 Å². The van der Waals surface area contributed by atoms with Crippen molar-refractivity contribution in [1.29, 1.82) is 0 Å². The Balaban J connectivity index is 2.32. The lowest BCUT2D eigenvalue weighted by atomic mass is 10.2. The van der Waals surface area contributed by atoms with E-state index in [1.165, 1.54) is 6.92 Å². The molecule has 0 saturated carbocycles. The van der Waals surface area contributed by atoms with Crippen molar-refractivity contribution in [2.24, 2.45) is 0 Å². The molecule has 0 aromatic heterocycles. The summed E-state index contributed by atoms with van der Waals surface area (Å²) in [5.41, 5.74) is 6.82. The van der Waals surface area contributed by atoms with Crippen LogP contribution in [0.1, 0.15) is 12.5 Å². The van der Waals surface area contributed by atoms with E-state index in [1.807, 2.05) is 4.72 Å². The number of carbonyl (C=O) groups excluding carboxylic acids is 1. The summed E-state index contributed by atoms with van der Waals surface area (Å²) >= 11 is 0. The smallest absolute Gasteiger partial charge is 0.407 e. The standard InChI is InChI=1S/C13H19N3O6S/c1-9(12(17)18)16-23(20,21)6-5-15-13(19)22-8-10-3-2-4-11(14)7-10/h2-4,7,9,16H,5-6,8,14H2,1H3,(H,15,19)(H,17,18)/t9-/m0/s1. The molecule has 23 heavy (non-hydrogen) atoms. The molecule has 1 rings (SSSR count). The number of ether oxygens (including phenoxy) is 1. The van der Waals surface area contributed by atoms with Gasteiger partial charge in [0, 0.05) is 12.2 Å². The number of amides is 1. The minimum atomic E-state index is -3.81. The van der Waals surface area contributed by atoms with E-state index in [-0.39, 0.29) is 13.2 Å². The summed E-state index contributed by atoms with van der Waals surface area (Å²) in [6.45, 7) is 0.989. The van der Waals surface area contributed by atoms with Crippen molar-refractivity contribution in [3.05, 3.63) is 29.8 Å². The van der Waals surface area contributed by atoms with E-state index < -0.39 is 33.9 Å². The second-order valence-corrected chi connectivity index (χ2v) is 6.62. The molecule has 1 amide bonds. The number of alkyl carbamates (subject to hydrolysis) is 1. The molecule has 0 saturated heterocycles. The Bertz CT molecular complexity index is 661. The number of rotatable bonds is 8. The van der Waals surface area contributed by atoms with Crippen LogP contribution in [-0.4, -0.2) is 43.9 Å². The maximum absolute atomic E-state index is 11.6. The van der Waals surface area contributed by atoms with Gasteiger partial charge < -0.3 is 20.9 Å². The quantitative estimate of drug-likeness (QED) is 0.480. The molecule has 9 nitrogen and oxygen atoms in total. The summed E-state index contributed by atoms with van der Waals surface area (Å²) in [4.78, 5) is 22.0. The van der Waals surface area contributed by atoms with Gasteiger partial charge in [-0.05, 0) is 24.6 Å². The third-order valence-electron chi connectivity index (χ3n) is 2.69. The fourth-order valence-corrected chi connectivity index (χ4v) is 2.68. The summed E-state index contributed by atoms with van der Waals surface area (Å²) in [7, 11) is -3.81. The van der Waals surface area contributed by atoms with E-state index in [0.717, 1.165) is 0 Å². The van der Waals surface area contributed by atoms with Gasteiger partial charge in [-0.15, -0.1) is 0 Å². The van der Waals surface area contributed by atoms with Crippen molar-refractivity contribution in [3.8, 4) is 0 Å². The first-order valence-corrected chi connectivity index (χ1v) is 8.32. The molecule has 0 fully saturated rings. The zero-order valence-corrected chi connectivity index (χ0v) is 13.3. The van der Waals surface area contributed by atoms with Crippen molar-refractivity contribution in [3.63, 3.8) is 0 Å². The molecule has 128 valence electrons. The second-order valence-electron chi connectivity index (χ2n) is 4.74. The molecular weight excluding hydrogens is 326 g/mol. The maximum Gasteiger partial charge on any atom is 0.407 e. The number of nitrogen functional groups attached to an aromatic ring is 1. The van der Waals surface area contributed by atoms with Gasteiger partial charge in [-0.25, -0.2) is 17.9 Å².